The molecule has 2 aromatic rings. The van der Waals surface area contributed by atoms with Gasteiger partial charge in [0, 0.05) is 17.3 Å². The van der Waals surface area contributed by atoms with Crippen LogP contribution < -0.4 is 20.1 Å². The number of carbonyl (C=O) groups excluding carboxylic acids is 2. The molecule has 2 rings (SSSR count). The summed E-state index contributed by atoms with van der Waals surface area (Å²) in [7, 11) is 1.58. The Morgan fingerprint density at radius 2 is 1.79 bits per heavy atom. The number of ether oxygens (including phenoxy) is 2. The normalized spacial score (nSPS) is 10.8. The summed E-state index contributed by atoms with van der Waals surface area (Å²) in [6.07, 6.45) is 3.23. The Kier molecular flexibility index (Phi) is 7.63. The number of hydrogen-bond acceptors (Lipinski definition) is 4. The lowest BCUT2D eigenvalue weighted by Gasteiger charge is -2.10. The molecule has 0 aliphatic rings. The highest BCUT2D eigenvalue weighted by Crippen LogP contribution is 2.28. The third-order valence-electron chi connectivity index (χ3n) is 3.76. The van der Waals surface area contributed by atoms with E-state index in [4.69, 9.17) is 9.47 Å². The van der Waals surface area contributed by atoms with Crippen LogP contribution in [0.15, 0.2) is 48.5 Å². The molecule has 0 unspecified atom stereocenters. The van der Waals surface area contributed by atoms with E-state index in [-0.39, 0.29) is 17.9 Å². The van der Waals surface area contributed by atoms with Gasteiger partial charge in [-0.15, -0.1) is 0 Å². The summed E-state index contributed by atoms with van der Waals surface area (Å²) in [5.41, 5.74) is 1.98. The predicted octanol–water partition coefficient (Wildman–Crippen LogP) is 4.52. The molecule has 0 heterocycles. The fraction of sp³-hybridized carbons (Fsp3) is 0.273. The number of methoxy groups -OCH3 is 1. The van der Waals surface area contributed by atoms with E-state index < -0.39 is 0 Å². The van der Waals surface area contributed by atoms with E-state index in [2.05, 4.69) is 10.6 Å². The molecular formula is C22H26N2O4. The third kappa shape index (κ3) is 6.16. The van der Waals surface area contributed by atoms with Crippen LogP contribution in [0.3, 0.4) is 0 Å². The summed E-state index contributed by atoms with van der Waals surface area (Å²) in [5, 5.41) is 5.46. The molecule has 0 atom stereocenters. The second-order valence-corrected chi connectivity index (χ2v) is 6.37. The fourth-order valence-corrected chi connectivity index (χ4v) is 2.48. The minimum atomic E-state index is -0.279. The van der Waals surface area contributed by atoms with Crippen molar-refractivity contribution in [2.45, 2.75) is 26.8 Å². The first-order valence-electron chi connectivity index (χ1n) is 9.13. The highest BCUT2D eigenvalue weighted by atomic mass is 16.5. The minimum Gasteiger partial charge on any atom is -0.493 e. The van der Waals surface area contributed by atoms with Gasteiger partial charge < -0.3 is 20.1 Å². The minimum absolute atomic E-state index is 0.0483. The Bertz CT molecular complexity index is 842. The van der Waals surface area contributed by atoms with E-state index >= 15 is 0 Å². The largest absolute Gasteiger partial charge is 0.493 e. The SMILES string of the molecule is CCOc1ccc(/C=C/C(=O)c2ccc(NC(=O)NC(C)C)cc2)cc1OC. The smallest absolute Gasteiger partial charge is 0.319 e. The summed E-state index contributed by atoms with van der Waals surface area (Å²) in [6.45, 7) is 6.22. The summed E-state index contributed by atoms with van der Waals surface area (Å²) in [4.78, 5) is 24.1. The molecule has 0 bridgehead atoms. The number of urea groups is 1. The molecule has 0 aromatic heterocycles. The van der Waals surface area contributed by atoms with Crippen molar-refractivity contribution in [2.75, 3.05) is 19.0 Å². The first-order valence-corrected chi connectivity index (χ1v) is 9.13. The maximum atomic E-state index is 12.4. The zero-order valence-corrected chi connectivity index (χ0v) is 16.6. The van der Waals surface area contributed by atoms with Crippen LogP contribution in [0.5, 0.6) is 11.5 Å². The topological polar surface area (TPSA) is 76.7 Å². The van der Waals surface area contributed by atoms with E-state index in [0.29, 0.717) is 29.4 Å². The fourth-order valence-electron chi connectivity index (χ4n) is 2.48. The molecule has 2 N–H and O–H groups in total. The number of benzene rings is 2. The maximum absolute atomic E-state index is 12.4. The molecule has 0 aliphatic heterocycles. The highest BCUT2D eigenvalue weighted by molar-refractivity contribution is 6.07. The zero-order chi connectivity index (χ0) is 20.5. The molecule has 2 aromatic carbocycles. The van der Waals surface area contributed by atoms with Gasteiger partial charge in [0.2, 0.25) is 0 Å². The van der Waals surface area contributed by atoms with Gasteiger partial charge in [-0.3, -0.25) is 4.79 Å². The monoisotopic (exact) mass is 382 g/mol. The molecule has 0 saturated carbocycles. The van der Waals surface area contributed by atoms with Gasteiger partial charge in [-0.25, -0.2) is 4.79 Å². The van der Waals surface area contributed by atoms with Crippen LogP contribution in [0, 0.1) is 0 Å². The van der Waals surface area contributed by atoms with Crippen molar-refractivity contribution in [1.82, 2.24) is 5.32 Å². The molecule has 6 heteroatoms. The van der Waals surface area contributed by atoms with Crippen LogP contribution >= 0.6 is 0 Å². The Labute approximate surface area is 165 Å². The van der Waals surface area contributed by atoms with Crippen molar-refractivity contribution in [3.8, 4) is 11.5 Å². The lowest BCUT2D eigenvalue weighted by molar-refractivity contribution is 0.104. The standard InChI is InChI=1S/C22H26N2O4/c1-5-28-20-13-7-16(14-21(20)27-4)6-12-19(25)17-8-10-18(11-9-17)24-22(26)23-15(2)3/h6-15H,5H2,1-4H3,(H2,23,24,26)/b12-6+. The summed E-state index contributed by atoms with van der Waals surface area (Å²) in [6, 6.07) is 12.0. The van der Waals surface area contributed by atoms with Crippen LogP contribution in [-0.2, 0) is 0 Å². The molecule has 28 heavy (non-hydrogen) atoms. The van der Waals surface area contributed by atoms with Gasteiger partial charge in [-0.1, -0.05) is 12.1 Å². The van der Waals surface area contributed by atoms with Gasteiger partial charge in [0.25, 0.3) is 0 Å². The molecule has 0 spiro atoms. The number of allylic oxidation sites excluding steroid dienone is 1. The summed E-state index contributed by atoms with van der Waals surface area (Å²) in [5.74, 6) is 1.15. The van der Waals surface area contributed by atoms with Crippen molar-refractivity contribution < 1.29 is 19.1 Å². The van der Waals surface area contributed by atoms with Gasteiger partial charge in [-0.05, 0) is 68.8 Å². The molecule has 148 valence electrons. The van der Waals surface area contributed by atoms with Crippen molar-refractivity contribution in [2.24, 2.45) is 0 Å². The number of nitrogens with one attached hydrogen (secondary N) is 2. The van der Waals surface area contributed by atoms with Crippen LogP contribution in [0.2, 0.25) is 0 Å². The van der Waals surface area contributed by atoms with Crippen molar-refractivity contribution >= 4 is 23.6 Å². The Hall–Kier alpha value is -3.28. The van der Waals surface area contributed by atoms with Gasteiger partial charge in [0.1, 0.15) is 0 Å². The summed E-state index contributed by atoms with van der Waals surface area (Å²) < 4.78 is 10.8. The number of amides is 2. The number of anilines is 1. The van der Waals surface area contributed by atoms with Gasteiger partial charge in [-0.2, -0.15) is 0 Å². The Morgan fingerprint density at radius 1 is 1.07 bits per heavy atom. The van der Waals surface area contributed by atoms with E-state index in [1.165, 1.54) is 6.08 Å². The van der Waals surface area contributed by atoms with E-state index in [9.17, 15) is 9.59 Å². The molecule has 2 amide bonds. The van der Waals surface area contributed by atoms with E-state index in [1.54, 1.807) is 37.5 Å². The Balaban J connectivity index is 2.03. The number of ketones is 1. The average molecular weight is 382 g/mol. The second kappa shape index (κ2) is 10.2. The van der Waals surface area contributed by atoms with Crippen LogP contribution in [-0.4, -0.2) is 31.6 Å². The zero-order valence-electron chi connectivity index (χ0n) is 16.6. The number of rotatable bonds is 8. The quantitative estimate of drug-likeness (QED) is 0.520. The highest BCUT2D eigenvalue weighted by Gasteiger charge is 2.07. The molecule has 0 fully saturated rings. The second-order valence-electron chi connectivity index (χ2n) is 6.37. The lowest BCUT2D eigenvalue weighted by Crippen LogP contribution is -2.34. The lowest BCUT2D eigenvalue weighted by atomic mass is 10.1. The van der Waals surface area contributed by atoms with E-state index in [1.807, 2.05) is 39.0 Å². The van der Waals surface area contributed by atoms with Crippen LogP contribution in [0.1, 0.15) is 36.7 Å². The van der Waals surface area contributed by atoms with Crippen molar-refractivity contribution in [3.63, 3.8) is 0 Å². The molecule has 0 radical (unpaired) electrons. The number of hydrogen-bond donors (Lipinski definition) is 2. The number of carbonyl (C=O) groups is 2. The van der Waals surface area contributed by atoms with Gasteiger partial charge in [0.05, 0.1) is 13.7 Å². The summed E-state index contributed by atoms with van der Waals surface area (Å²) >= 11 is 0. The van der Waals surface area contributed by atoms with Gasteiger partial charge >= 0.3 is 6.03 Å². The molecule has 0 saturated heterocycles. The van der Waals surface area contributed by atoms with E-state index in [0.717, 1.165) is 5.56 Å². The third-order valence-corrected chi connectivity index (χ3v) is 3.76. The van der Waals surface area contributed by atoms with Gasteiger partial charge in [0.15, 0.2) is 17.3 Å². The first-order chi connectivity index (χ1) is 13.4. The van der Waals surface area contributed by atoms with Crippen LogP contribution in [0.4, 0.5) is 10.5 Å². The molecule has 0 aliphatic carbocycles. The first kappa shape index (κ1) is 21.0. The molecular weight excluding hydrogens is 356 g/mol. The predicted molar refractivity (Wildman–Crippen MR) is 111 cm³/mol. The average Bonchev–Trinajstić information content (AvgIpc) is 2.67. The maximum Gasteiger partial charge on any atom is 0.319 e. The Morgan fingerprint density at radius 3 is 2.39 bits per heavy atom. The van der Waals surface area contributed by atoms with Crippen molar-refractivity contribution in [1.29, 1.82) is 0 Å². The van der Waals surface area contributed by atoms with Crippen LogP contribution in [0.25, 0.3) is 6.08 Å². The van der Waals surface area contributed by atoms with Crippen molar-refractivity contribution in [3.05, 3.63) is 59.7 Å². The molecule has 6 nitrogen and oxygen atoms in total.